The van der Waals surface area contributed by atoms with E-state index in [9.17, 15) is 9.90 Å². The highest BCUT2D eigenvalue weighted by molar-refractivity contribution is 6.30. The number of halogens is 1. The first-order valence-corrected chi connectivity index (χ1v) is 6.48. The van der Waals surface area contributed by atoms with Crippen LogP contribution < -0.4 is 4.74 Å². The fourth-order valence-electron chi connectivity index (χ4n) is 2.12. The average molecular weight is 287 g/mol. The quantitative estimate of drug-likeness (QED) is 0.813. The highest BCUT2D eigenvalue weighted by Crippen LogP contribution is 2.31. The van der Waals surface area contributed by atoms with Gasteiger partial charge in [0.15, 0.2) is 5.78 Å². The number of fused-ring (bicyclic) bond motifs is 1. The third-order valence-corrected chi connectivity index (χ3v) is 3.31. The Kier molecular flexibility index (Phi) is 3.20. The number of carbonyl (C=O) groups excluding carboxylic acids is 1. The first-order valence-electron chi connectivity index (χ1n) is 6.10. The summed E-state index contributed by atoms with van der Waals surface area (Å²) < 4.78 is 5.51. The molecule has 1 heterocycles. The fraction of sp³-hybridized carbons (Fsp3) is 0.0625. The lowest BCUT2D eigenvalue weighted by Crippen LogP contribution is -2.18. The van der Waals surface area contributed by atoms with Crippen LogP contribution in [0.15, 0.2) is 48.0 Å². The largest absolute Gasteiger partial charge is 0.508 e. The number of benzene rings is 2. The Morgan fingerprint density at radius 3 is 2.85 bits per heavy atom. The molecule has 4 heteroatoms. The summed E-state index contributed by atoms with van der Waals surface area (Å²) >= 11 is 5.92. The number of ether oxygens (including phenoxy) is 1. The molecule has 0 aromatic heterocycles. The van der Waals surface area contributed by atoms with Crippen LogP contribution in [0.2, 0.25) is 5.02 Å². The van der Waals surface area contributed by atoms with Gasteiger partial charge in [-0.3, -0.25) is 4.79 Å². The van der Waals surface area contributed by atoms with Gasteiger partial charge in [-0.1, -0.05) is 23.7 Å². The molecule has 0 spiro atoms. The maximum atomic E-state index is 12.4. The van der Waals surface area contributed by atoms with Crippen molar-refractivity contribution in [2.45, 2.75) is 0 Å². The molecular formula is C16H11ClO3. The van der Waals surface area contributed by atoms with Crippen molar-refractivity contribution in [3.63, 3.8) is 0 Å². The number of phenolic OH excluding ortho intramolecular Hbond substituents is 1. The summed E-state index contributed by atoms with van der Waals surface area (Å²) in [5.41, 5.74) is 1.87. The van der Waals surface area contributed by atoms with Crippen LogP contribution in [0, 0.1) is 0 Å². The van der Waals surface area contributed by atoms with Crippen molar-refractivity contribution < 1.29 is 14.6 Å². The summed E-state index contributed by atoms with van der Waals surface area (Å²) in [6.45, 7) is 0.182. The molecule has 3 rings (SSSR count). The second-order valence-corrected chi connectivity index (χ2v) is 4.96. The highest BCUT2D eigenvalue weighted by atomic mass is 35.5. The van der Waals surface area contributed by atoms with Crippen LogP contribution in [0.1, 0.15) is 15.9 Å². The summed E-state index contributed by atoms with van der Waals surface area (Å²) in [4.78, 5) is 12.4. The van der Waals surface area contributed by atoms with Gasteiger partial charge in [0.1, 0.15) is 18.1 Å². The first kappa shape index (κ1) is 12.8. The van der Waals surface area contributed by atoms with Crippen molar-refractivity contribution in [3.8, 4) is 11.5 Å². The Balaban J connectivity index is 1.98. The van der Waals surface area contributed by atoms with Gasteiger partial charge in [0.25, 0.3) is 0 Å². The monoisotopic (exact) mass is 286 g/mol. The third-order valence-electron chi connectivity index (χ3n) is 3.07. The molecule has 100 valence electrons. The fourth-order valence-corrected chi connectivity index (χ4v) is 2.32. The lowest BCUT2D eigenvalue weighted by Gasteiger charge is -2.18. The molecule has 2 aromatic carbocycles. The summed E-state index contributed by atoms with van der Waals surface area (Å²) in [6.07, 6.45) is 1.77. The first-order chi connectivity index (χ1) is 9.63. The lowest BCUT2D eigenvalue weighted by molar-refractivity contribution is 0.100. The number of phenols is 1. The number of hydrogen-bond acceptors (Lipinski definition) is 3. The average Bonchev–Trinajstić information content (AvgIpc) is 2.42. The molecule has 1 N–H and O–H groups in total. The predicted molar refractivity (Wildman–Crippen MR) is 77.4 cm³/mol. The second-order valence-electron chi connectivity index (χ2n) is 4.52. The van der Waals surface area contributed by atoms with Gasteiger partial charge in [-0.05, 0) is 35.9 Å². The smallest absolute Gasteiger partial charge is 0.196 e. The van der Waals surface area contributed by atoms with Crippen molar-refractivity contribution >= 4 is 23.5 Å². The Morgan fingerprint density at radius 1 is 1.20 bits per heavy atom. The van der Waals surface area contributed by atoms with E-state index in [0.29, 0.717) is 21.9 Å². The van der Waals surface area contributed by atoms with Crippen LogP contribution in [0.25, 0.3) is 6.08 Å². The number of ketones is 1. The topological polar surface area (TPSA) is 46.5 Å². The summed E-state index contributed by atoms with van der Waals surface area (Å²) in [7, 11) is 0. The summed E-state index contributed by atoms with van der Waals surface area (Å²) in [5.74, 6) is 0.406. The van der Waals surface area contributed by atoms with E-state index in [-0.39, 0.29) is 18.1 Å². The number of hydrogen-bond donors (Lipinski definition) is 1. The van der Waals surface area contributed by atoms with E-state index in [1.165, 1.54) is 12.1 Å². The minimum Gasteiger partial charge on any atom is -0.508 e. The van der Waals surface area contributed by atoms with Crippen molar-refractivity contribution in [1.82, 2.24) is 0 Å². The van der Waals surface area contributed by atoms with Crippen LogP contribution in [0.3, 0.4) is 0 Å². The van der Waals surface area contributed by atoms with Gasteiger partial charge in [0, 0.05) is 16.7 Å². The SMILES string of the molecule is O=C1/C(=C/c2cccc(Cl)c2)COc2cc(O)ccc21. The molecular weight excluding hydrogens is 276 g/mol. The van der Waals surface area contributed by atoms with Crippen molar-refractivity contribution in [2.24, 2.45) is 0 Å². The van der Waals surface area contributed by atoms with E-state index in [1.807, 2.05) is 12.1 Å². The van der Waals surface area contributed by atoms with Crippen LogP contribution in [0.4, 0.5) is 0 Å². The van der Waals surface area contributed by atoms with Crippen molar-refractivity contribution in [2.75, 3.05) is 6.61 Å². The number of rotatable bonds is 1. The van der Waals surface area contributed by atoms with E-state index in [2.05, 4.69) is 0 Å². The van der Waals surface area contributed by atoms with E-state index < -0.39 is 0 Å². The molecule has 0 aliphatic carbocycles. The minimum atomic E-state index is -0.0915. The van der Waals surface area contributed by atoms with E-state index >= 15 is 0 Å². The third kappa shape index (κ3) is 2.40. The zero-order valence-electron chi connectivity index (χ0n) is 10.5. The normalized spacial score (nSPS) is 15.8. The summed E-state index contributed by atoms with van der Waals surface area (Å²) in [5, 5.41) is 10.0. The Labute approximate surface area is 121 Å². The molecule has 0 saturated heterocycles. The Bertz CT molecular complexity index is 719. The molecule has 3 nitrogen and oxygen atoms in total. The zero-order chi connectivity index (χ0) is 14.1. The highest BCUT2D eigenvalue weighted by Gasteiger charge is 2.23. The Morgan fingerprint density at radius 2 is 2.05 bits per heavy atom. The van der Waals surface area contributed by atoms with Crippen LogP contribution in [-0.2, 0) is 0 Å². The van der Waals surface area contributed by atoms with Crippen LogP contribution >= 0.6 is 11.6 Å². The Hall–Kier alpha value is -2.26. The zero-order valence-corrected chi connectivity index (χ0v) is 11.2. The molecule has 0 atom stereocenters. The van der Waals surface area contributed by atoms with Gasteiger partial charge in [-0.25, -0.2) is 0 Å². The van der Waals surface area contributed by atoms with Crippen molar-refractivity contribution in [3.05, 3.63) is 64.2 Å². The maximum absolute atomic E-state index is 12.4. The van der Waals surface area contributed by atoms with E-state index in [0.717, 1.165) is 5.56 Å². The molecule has 20 heavy (non-hydrogen) atoms. The van der Waals surface area contributed by atoms with Gasteiger partial charge in [0.2, 0.25) is 0 Å². The van der Waals surface area contributed by atoms with Gasteiger partial charge in [0.05, 0.1) is 5.56 Å². The molecule has 0 bridgehead atoms. The molecule has 0 saturated carbocycles. The lowest BCUT2D eigenvalue weighted by atomic mass is 9.98. The van der Waals surface area contributed by atoms with Gasteiger partial charge in [-0.15, -0.1) is 0 Å². The van der Waals surface area contributed by atoms with E-state index in [1.54, 1.807) is 24.3 Å². The predicted octanol–water partition coefficient (Wildman–Crippen LogP) is 3.70. The molecule has 1 aliphatic heterocycles. The van der Waals surface area contributed by atoms with Crippen LogP contribution in [0.5, 0.6) is 11.5 Å². The molecule has 0 radical (unpaired) electrons. The minimum absolute atomic E-state index is 0.0822. The standard InChI is InChI=1S/C16H11ClO3/c17-12-3-1-2-10(7-12)6-11-9-20-15-8-13(18)4-5-14(15)16(11)19/h1-8,18H,9H2/b11-6+. The van der Waals surface area contributed by atoms with Gasteiger partial charge >= 0.3 is 0 Å². The van der Waals surface area contributed by atoms with Crippen LogP contribution in [-0.4, -0.2) is 17.5 Å². The van der Waals surface area contributed by atoms with Crippen molar-refractivity contribution in [1.29, 1.82) is 0 Å². The molecule has 0 amide bonds. The number of aromatic hydroxyl groups is 1. The second kappa shape index (κ2) is 5.02. The van der Waals surface area contributed by atoms with Gasteiger partial charge in [-0.2, -0.15) is 0 Å². The maximum Gasteiger partial charge on any atom is 0.196 e. The number of Topliss-reactive ketones (excluding diaryl/α,β-unsaturated/α-hetero) is 1. The molecule has 0 unspecified atom stereocenters. The summed E-state index contributed by atoms with van der Waals surface area (Å²) in [6, 6.07) is 11.8. The van der Waals surface area contributed by atoms with Gasteiger partial charge < -0.3 is 9.84 Å². The molecule has 0 fully saturated rings. The molecule has 1 aliphatic rings. The van der Waals surface area contributed by atoms with E-state index in [4.69, 9.17) is 16.3 Å². The number of carbonyl (C=O) groups is 1. The molecule has 2 aromatic rings.